The molecule has 0 aliphatic rings. The van der Waals surface area contributed by atoms with Gasteiger partial charge in [-0.2, -0.15) is 0 Å². The van der Waals surface area contributed by atoms with E-state index in [2.05, 4.69) is 0 Å². The first-order chi connectivity index (χ1) is 6.57. The van der Waals surface area contributed by atoms with Crippen LogP contribution in [0.4, 0.5) is 0 Å². The van der Waals surface area contributed by atoms with Crippen LogP contribution < -0.4 is 4.74 Å². The molecule has 0 spiro atoms. The van der Waals surface area contributed by atoms with Crippen LogP contribution in [0.1, 0.15) is 24.2 Å². The summed E-state index contributed by atoms with van der Waals surface area (Å²) in [4.78, 5) is 11.1. The van der Waals surface area contributed by atoms with Gasteiger partial charge >= 0.3 is 0 Å². The number of hydrogen-bond acceptors (Lipinski definition) is 3. The van der Waals surface area contributed by atoms with Crippen LogP contribution in [-0.4, -0.2) is 17.5 Å². The molecule has 1 aromatic carbocycles. The Morgan fingerprint density at radius 2 is 2.21 bits per heavy atom. The number of carbonyl (C=O) groups is 1. The highest BCUT2D eigenvalue weighted by molar-refractivity contribution is 6.35. The Kier molecular flexibility index (Phi) is 3.36. The predicted molar refractivity (Wildman–Crippen MR) is 54.3 cm³/mol. The normalized spacial score (nSPS) is 9.93. The minimum Gasteiger partial charge on any atom is -0.504 e. The number of aromatic hydroxyl groups is 1. The minimum atomic E-state index is -0.157. The molecule has 0 radical (unpaired) electrons. The van der Waals surface area contributed by atoms with E-state index in [0.29, 0.717) is 12.2 Å². The third kappa shape index (κ3) is 1.99. The van der Waals surface area contributed by atoms with Crippen molar-refractivity contribution in [2.75, 3.05) is 6.61 Å². The molecule has 14 heavy (non-hydrogen) atoms. The molecule has 1 N–H and O–H groups in total. The standard InChI is InChI=1S/C10H11ClO3/c1-3-14-10-8(13)5-4-7(6(2)12)9(10)11/h4-5,13H,3H2,1-2H3. The van der Waals surface area contributed by atoms with Gasteiger partial charge in [0.2, 0.25) is 0 Å². The van der Waals surface area contributed by atoms with Crippen LogP contribution in [0.15, 0.2) is 12.1 Å². The van der Waals surface area contributed by atoms with Gasteiger partial charge in [-0.1, -0.05) is 11.6 Å². The summed E-state index contributed by atoms with van der Waals surface area (Å²) < 4.78 is 5.12. The highest BCUT2D eigenvalue weighted by Gasteiger charge is 2.14. The van der Waals surface area contributed by atoms with Crippen molar-refractivity contribution in [3.63, 3.8) is 0 Å². The molecular formula is C10H11ClO3. The maximum Gasteiger partial charge on any atom is 0.180 e. The molecule has 1 rings (SSSR count). The Labute approximate surface area is 87.3 Å². The Bertz CT molecular complexity index is 361. The highest BCUT2D eigenvalue weighted by atomic mass is 35.5. The second-order valence-corrected chi connectivity index (χ2v) is 3.14. The highest BCUT2D eigenvalue weighted by Crippen LogP contribution is 2.36. The Morgan fingerprint density at radius 1 is 1.57 bits per heavy atom. The summed E-state index contributed by atoms with van der Waals surface area (Å²) in [7, 11) is 0. The van der Waals surface area contributed by atoms with E-state index in [1.54, 1.807) is 6.92 Å². The van der Waals surface area contributed by atoms with E-state index in [1.807, 2.05) is 0 Å². The third-order valence-electron chi connectivity index (χ3n) is 1.74. The van der Waals surface area contributed by atoms with Gasteiger partial charge in [-0.05, 0) is 26.0 Å². The minimum absolute atomic E-state index is 0.0538. The molecule has 0 fully saturated rings. The number of halogens is 1. The van der Waals surface area contributed by atoms with E-state index in [4.69, 9.17) is 16.3 Å². The number of benzene rings is 1. The van der Waals surface area contributed by atoms with Gasteiger partial charge in [-0.3, -0.25) is 4.79 Å². The summed E-state index contributed by atoms with van der Waals surface area (Å²) in [6.07, 6.45) is 0. The van der Waals surface area contributed by atoms with Crippen molar-refractivity contribution < 1.29 is 14.6 Å². The zero-order chi connectivity index (χ0) is 10.7. The van der Waals surface area contributed by atoms with Gasteiger partial charge in [0.1, 0.15) is 0 Å². The number of Topliss-reactive ketones (excluding diaryl/α,β-unsaturated/α-hetero) is 1. The van der Waals surface area contributed by atoms with E-state index in [9.17, 15) is 9.90 Å². The maximum atomic E-state index is 11.1. The van der Waals surface area contributed by atoms with Crippen molar-refractivity contribution in [2.24, 2.45) is 0 Å². The smallest absolute Gasteiger partial charge is 0.180 e. The van der Waals surface area contributed by atoms with E-state index in [1.165, 1.54) is 19.1 Å². The Morgan fingerprint density at radius 3 is 2.71 bits per heavy atom. The maximum absolute atomic E-state index is 11.1. The van der Waals surface area contributed by atoms with Gasteiger partial charge in [-0.25, -0.2) is 0 Å². The number of phenols is 1. The van der Waals surface area contributed by atoms with E-state index in [-0.39, 0.29) is 22.3 Å². The second-order valence-electron chi connectivity index (χ2n) is 2.76. The number of carbonyl (C=O) groups excluding carboxylic acids is 1. The van der Waals surface area contributed by atoms with Crippen LogP contribution in [0.5, 0.6) is 11.5 Å². The van der Waals surface area contributed by atoms with Gasteiger partial charge in [0.15, 0.2) is 17.3 Å². The van der Waals surface area contributed by atoms with Crippen molar-refractivity contribution in [1.82, 2.24) is 0 Å². The van der Waals surface area contributed by atoms with Crippen molar-refractivity contribution in [3.8, 4) is 11.5 Å². The Balaban J connectivity index is 3.26. The van der Waals surface area contributed by atoms with Crippen LogP contribution in [0.2, 0.25) is 5.02 Å². The molecule has 0 bridgehead atoms. The van der Waals surface area contributed by atoms with Gasteiger partial charge in [0, 0.05) is 5.56 Å². The SMILES string of the molecule is CCOc1c(O)ccc(C(C)=O)c1Cl. The third-order valence-corrected chi connectivity index (χ3v) is 2.12. The quantitative estimate of drug-likeness (QED) is 0.787. The molecule has 76 valence electrons. The van der Waals surface area contributed by atoms with E-state index in [0.717, 1.165) is 0 Å². The zero-order valence-electron chi connectivity index (χ0n) is 8.00. The topological polar surface area (TPSA) is 46.5 Å². The average Bonchev–Trinajstić information content (AvgIpc) is 2.11. The summed E-state index contributed by atoms with van der Waals surface area (Å²) in [6, 6.07) is 2.87. The molecule has 0 aliphatic heterocycles. The lowest BCUT2D eigenvalue weighted by molar-refractivity contribution is 0.101. The summed E-state index contributed by atoms with van der Waals surface area (Å²) in [6.45, 7) is 3.57. The summed E-state index contributed by atoms with van der Waals surface area (Å²) in [5.74, 6) is -0.0420. The number of phenolic OH excluding ortho intramolecular Hbond substituents is 1. The van der Waals surface area contributed by atoms with Crippen LogP contribution in [0.3, 0.4) is 0 Å². The number of hydrogen-bond donors (Lipinski definition) is 1. The monoisotopic (exact) mass is 214 g/mol. The van der Waals surface area contributed by atoms with Gasteiger partial charge in [0.25, 0.3) is 0 Å². The van der Waals surface area contributed by atoms with Crippen LogP contribution >= 0.6 is 11.6 Å². The number of ether oxygens (including phenoxy) is 1. The summed E-state index contributed by atoms with van der Waals surface area (Å²) in [5, 5.41) is 9.57. The van der Waals surface area contributed by atoms with Crippen molar-refractivity contribution >= 4 is 17.4 Å². The van der Waals surface area contributed by atoms with Gasteiger partial charge in [0.05, 0.1) is 11.6 Å². The van der Waals surface area contributed by atoms with E-state index < -0.39 is 0 Å². The molecule has 0 saturated heterocycles. The molecule has 3 nitrogen and oxygen atoms in total. The lowest BCUT2D eigenvalue weighted by Crippen LogP contribution is -1.98. The molecule has 0 atom stereocenters. The largest absolute Gasteiger partial charge is 0.504 e. The molecule has 4 heteroatoms. The summed E-state index contributed by atoms with van der Waals surface area (Å²) in [5.41, 5.74) is 0.355. The van der Waals surface area contributed by atoms with Gasteiger partial charge < -0.3 is 9.84 Å². The summed E-state index contributed by atoms with van der Waals surface area (Å²) >= 11 is 5.88. The van der Waals surface area contributed by atoms with E-state index >= 15 is 0 Å². The fourth-order valence-corrected chi connectivity index (χ4v) is 1.45. The zero-order valence-corrected chi connectivity index (χ0v) is 8.76. The van der Waals surface area contributed by atoms with Crippen molar-refractivity contribution in [3.05, 3.63) is 22.7 Å². The van der Waals surface area contributed by atoms with Crippen LogP contribution in [0, 0.1) is 0 Å². The van der Waals surface area contributed by atoms with Crippen LogP contribution in [0.25, 0.3) is 0 Å². The lowest BCUT2D eigenvalue weighted by Gasteiger charge is -2.09. The van der Waals surface area contributed by atoms with Crippen molar-refractivity contribution in [1.29, 1.82) is 0 Å². The molecular weight excluding hydrogens is 204 g/mol. The van der Waals surface area contributed by atoms with Crippen LogP contribution in [-0.2, 0) is 0 Å². The predicted octanol–water partition coefficient (Wildman–Crippen LogP) is 2.65. The Hall–Kier alpha value is -1.22. The fourth-order valence-electron chi connectivity index (χ4n) is 1.10. The molecule has 0 saturated carbocycles. The first kappa shape index (κ1) is 10.9. The molecule has 1 aromatic rings. The number of rotatable bonds is 3. The fraction of sp³-hybridized carbons (Fsp3) is 0.300. The molecule has 0 amide bonds. The first-order valence-electron chi connectivity index (χ1n) is 4.23. The molecule has 0 aromatic heterocycles. The number of ketones is 1. The lowest BCUT2D eigenvalue weighted by atomic mass is 10.1. The first-order valence-corrected chi connectivity index (χ1v) is 4.61. The van der Waals surface area contributed by atoms with Gasteiger partial charge in [-0.15, -0.1) is 0 Å². The molecule has 0 aliphatic carbocycles. The average molecular weight is 215 g/mol. The van der Waals surface area contributed by atoms with Crippen molar-refractivity contribution in [2.45, 2.75) is 13.8 Å². The second kappa shape index (κ2) is 4.33. The molecule has 0 heterocycles. The molecule has 0 unspecified atom stereocenters.